The number of hydrogen-bond acceptors (Lipinski definition) is 1. The Morgan fingerprint density at radius 3 is 1.00 bits per heavy atom. The van der Waals surface area contributed by atoms with Gasteiger partial charge in [-0.3, -0.25) is 0 Å². The molecule has 0 bridgehead atoms. The summed E-state index contributed by atoms with van der Waals surface area (Å²) in [5, 5.41) is 0. The van der Waals surface area contributed by atoms with Crippen molar-refractivity contribution in [3.8, 4) is 0 Å². The molecule has 0 fully saturated rings. The molecule has 0 aromatic heterocycles. The molecule has 0 aliphatic rings. The van der Waals surface area contributed by atoms with Crippen LogP contribution in [-0.2, 0) is 25.8 Å². The first-order valence-electron chi connectivity index (χ1n) is 2.05. The molecular weight excluding hydrogens is 253 g/mol. The van der Waals surface area contributed by atoms with Gasteiger partial charge in [0.2, 0.25) is 0 Å². The first kappa shape index (κ1) is 15.7. The Hall–Kier alpha value is 0.830. The second-order valence-electron chi connectivity index (χ2n) is 1.34. The van der Waals surface area contributed by atoms with Crippen LogP contribution in [0, 0.1) is 6.92 Å². The maximum absolute atomic E-state index is 3.25. The maximum atomic E-state index is 3.25. The van der Waals surface area contributed by atoms with E-state index >= 15 is 0 Å². The SMILES string of the molecule is CN(C)C.[CH2-]C.[Hf+4]. The van der Waals surface area contributed by atoms with E-state index in [-0.39, 0.29) is 25.8 Å². The molecule has 0 aliphatic heterocycles. The molecule has 0 spiro atoms. The van der Waals surface area contributed by atoms with Crippen molar-refractivity contribution in [3.05, 3.63) is 6.92 Å². The fraction of sp³-hybridized carbons (Fsp3) is 0.800. The molecule has 0 unspecified atom stereocenters. The standard InChI is InChI=1S/C3H9N.C2H5.Hf/c1-4(2)3;1-2;/h1-3H3;1H2,2H3;/q;-1;+4. The Bertz CT molecular complexity index is 12.8. The Morgan fingerprint density at radius 2 is 1.00 bits per heavy atom. The largest absolute Gasteiger partial charge is 4.00 e. The zero-order valence-electron chi connectivity index (χ0n) is 5.65. The summed E-state index contributed by atoms with van der Waals surface area (Å²) in [7, 11) is 6.00. The zero-order chi connectivity index (χ0) is 5.58. The molecule has 0 saturated heterocycles. The third-order valence-electron chi connectivity index (χ3n) is 0. The van der Waals surface area contributed by atoms with E-state index in [0.29, 0.717) is 0 Å². The molecule has 1 nitrogen and oxygen atoms in total. The number of nitrogens with zero attached hydrogens (tertiary/aromatic N) is 1. The number of rotatable bonds is 0. The average Bonchev–Trinajstić information content (AvgIpc) is 1.41. The molecule has 0 aliphatic carbocycles. The van der Waals surface area contributed by atoms with Crippen molar-refractivity contribution in [2.45, 2.75) is 6.92 Å². The van der Waals surface area contributed by atoms with Crippen molar-refractivity contribution in [1.29, 1.82) is 0 Å². The molecule has 0 rings (SSSR count). The molecule has 0 heterocycles. The van der Waals surface area contributed by atoms with Gasteiger partial charge in [0.15, 0.2) is 0 Å². The molecular formula is C5H14HfN+3. The van der Waals surface area contributed by atoms with Crippen LogP contribution in [-0.4, -0.2) is 26.0 Å². The van der Waals surface area contributed by atoms with Crippen LogP contribution in [0.2, 0.25) is 0 Å². The van der Waals surface area contributed by atoms with E-state index in [1.54, 1.807) is 6.92 Å². The molecule has 0 radical (unpaired) electrons. The second-order valence-corrected chi connectivity index (χ2v) is 1.34. The van der Waals surface area contributed by atoms with Gasteiger partial charge in [-0.25, -0.2) is 0 Å². The van der Waals surface area contributed by atoms with Crippen LogP contribution in [0.5, 0.6) is 0 Å². The van der Waals surface area contributed by atoms with Gasteiger partial charge < -0.3 is 11.8 Å². The quantitative estimate of drug-likeness (QED) is 0.467. The molecule has 2 heteroatoms. The van der Waals surface area contributed by atoms with Crippen molar-refractivity contribution in [1.82, 2.24) is 4.90 Å². The van der Waals surface area contributed by atoms with Crippen LogP contribution in [0.3, 0.4) is 0 Å². The average molecular weight is 267 g/mol. The fourth-order valence-electron chi connectivity index (χ4n) is 0. The zero-order valence-corrected chi connectivity index (χ0v) is 9.25. The van der Waals surface area contributed by atoms with Gasteiger partial charge in [0.05, 0.1) is 0 Å². The minimum Gasteiger partial charge on any atom is -0.346 e. The number of hydrogen-bond donors (Lipinski definition) is 0. The van der Waals surface area contributed by atoms with Gasteiger partial charge in [-0.15, -0.1) is 0 Å². The third kappa shape index (κ3) is 231. The van der Waals surface area contributed by atoms with Crippen molar-refractivity contribution < 1.29 is 25.8 Å². The molecule has 0 atom stereocenters. The molecule has 40 valence electrons. The first-order chi connectivity index (χ1) is 2.73. The molecule has 0 saturated carbocycles. The molecule has 7 heavy (non-hydrogen) atoms. The van der Waals surface area contributed by atoms with Crippen LogP contribution in [0.1, 0.15) is 6.92 Å². The monoisotopic (exact) mass is 268 g/mol. The van der Waals surface area contributed by atoms with Crippen LogP contribution >= 0.6 is 0 Å². The Balaban J connectivity index is -0.0000000480. The van der Waals surface area contributed by atoms with E-state index < -0.39 is 0 Å². The molecule has 0 aromatic carbocycles. The maximum Gasteiger partial charge on any atom is 4.00 e. The van der Waals surface area contributed by atoms with Crippen molar-refractivity contribution >= 4 is 0 Å². The summed E-state index contributed by atoms with van der Waals surface area (Å²) < 4.78 is 0. The van der Waals surface area contributed by atoms with Gasteiger partial charge in [0.25, 0.3) is 0 Å². The second kappa shape index (κ2) is 15.8. The summed E-state index contributed by atoms with van der Waals surface area (Å²) in [5.74, 6) is 0. The fourth-order valence-corrected chi connectivity index (χ4v) is 0. The van der Waals surface area contributed by atoms with Crippen molar-refractivity contribution in [2.24, 2.45) is 0 Å². The summed E-state index contributed by atoms with van der Waals surface area (Å²) in [6, 6.07) is 0. The van der Waals surface area contributed by atoms with Crippen LogP contribution in [0.4, 0.5) is 0 Å². The Labute approximate surface area is 65.9 Å². The summed E-state index contributed by atoms with van der Waals surface area (Å²) in [6.45, 7) is 5.00. The predicted molar refractivity (Wildman–Crippen MR) is 30.6 cm³/mol. The van der Waals surface area contributed by atoms with E-state index in [1.807, 2.05) is 26.0 Å². The van der Waals surface area contributed by atoms with Crippen molar-refractivity contribution in [2.75, 3.05) is 21.1 Å². The third-order valence-corrected chi connectivity index (χ3v) is 0. The first-order valence-corrected chi connectivity index (χ1v) is 2.05. The van der Waals surface area contributed by atoms with Gasteiger partial charge >= 0.3 is 25.8 Å². The molecule has 0 amide bonds. The minimum absolute atomic E-state index is 0. The summed E-state index contributed by atoms with van der Waals surface area (Å²) in [6.07, 6.45) is 0. The van der Waals surface area contributed by atoms with E-state index in [2.05, 4.69) is 6.92 Å². The normalized spacial score (nSPS) is 6.00. The van der Waals surface area contributed by atoms with E-state index in [9.17, 15) is 0 Å². The summed E-state index contributed by atoms with van der Waals surface area (Å²) >= 11 is 0. The van der Waals surface area contributed by atoms with Crippen LogP contribution in [0.15, 0.2) is 0 Å². The predicted octanol–water partition coefficient (Wildman–Crippen LogP) is 1.02. The topological polar surface area (TPSA) is 3.24 Å². The molecule has 0 N–H and O–H groups in total. The van der Waals surface area contributed by atoms with Gasteiger partial charge in [-0.2, -0.15) is 6.92 Å². The minimum atomic E-state index is 0. The van der Waals surface area contributed by atoms with E-state index in [0.717, 1.165) is 0 Å². The van der Waals surface area contributed by atoms with Crippen LogP contribution < -0.4 is 0 Å². The Morgan fingerprint density at radius 1 is 1.00 bits per heavy atom. The van der Waals surface area contributed by atoms with E-state index in [4.69, 9.17) is 0 Å². The van der Waals surface area contributed by atoms with Gasteiger partial charge in [-0.1, -0.05) is 0 Å². The summed E-state index contributed by atoms with van der Waals surface area (Å²) in [4.78, 5) is 2.00. The Kier molecular flexibility index (Phi) is 35.4. The molecule has 0 aromatic rings. The smallest absolute Gasteiger partial charge is 0.346 e. The van der Waals surface area contributed by atoms with Crippen molar-refractivity contribution in [3.63, 3.8) is 0 Å². The summed E-state index contributed by atoms with van der Waals surface area (Å²) in [5.41, 5.74) is 0. The van der Waals surface area contributed by atoms with Gasteiger partial charge in [0.1, 0.15) is 0 Å². The van der Waals surface area contributed by atoms with Gasteiger partial charge in [0, 0.05) is 0 Å². The van der Waals surface area contributed by atoms with E-state index in [1.165, 1.54) is 0 Å². The van der Waals surface area contributed by atoms with Gasteiger partial charge in [-0.05, 0) is 21.1 Å². The van der Waals surface area contributed by atoms with Crippen LogP contribution in [0.25, 0.3) is 0 Å².